The fraction of sp³-hybridized carbons (Fsp3) is 0.188. The summed E-state index contributed by atoms with van der Waals surface area (Å²) in [5.74, 6) is -0.210. The van der Waals surface area contributed by atoms with Gasteiger partial charge in [-0.25, -0.2) is 9.37 Å². The molecule has 0 aliphatic carbocycles. The minimum atomic E-state index is -0.320. The van der Waals surface area contributed by atoms with Crippen molar-refractivity contribution in [2.24, 2.45) is 0 Å². The van der Waals surface area contributed by atoms with Crippen LogP contribution in [-0.2, 0) is 11.2 Å². The zero-order valence-electron chi connectivity index (χ0n) is 12.8. The zero-order chi connectivity index (χ0) is 16.9. The number of benzene rings is 1. The van der Waals surface area contributed by atoms with Crippen molar-refractivity contribution in [1.82, 2.24) is 25.5 Å². The molecule has 2 heterocycles. The van der Waals surface area contributed by atoms with Crippen LogP contribution in [0.1, 0.15) is 24.4 Å². The van der Waals surface area contributed by atoms with Crippen LogP contribution in [0.25, 0.3) is 11.6 Å². The fourth-order valence-corrected chi connectivity index (χ4v) is 2.10. The number of rotatable bonds is 5. The molecule has 24 heavy (non-hydrogen) atoms. The largest absolute Gasteiger partial charge is 0.419 e. The quantitative estimate of drug-likeness (QED) is 0.771. The van der Waals surface area contributed by atoms with Crippen LogP contribution in [0.2, 0.25) is 0 Å². The number of aromatic nitrogens is 4. The van der Waals surface area contributed by atoms with Crippen molar-refractivity contribution >= 4 is 5.91 Å². The van der Waals surface area contributed by atoms with Crippen molar-refractivity contribution in [3.05, 3.63) is 60.1 Å². The third-order valence-corrected chi connectivity index (χ3v) is 3.31. The van der Waals surface area contributed by atoms with Gasteiger partial charge < -0.3 is 9.73 Å². The van der Waals surface area contributed by atoms with Gasteiger partial charge >= 0.3 is 0 Å². The maximum Gasteiger partial charge on any atom is 0.267 e. The lowest BCUT2D eigenvalue weighted by Gasteiger charge is -2.13. The molecule has 0 spiro atoms. The smallest absolute Gasteiger partial charge is 0.267 e. The lowest BCUT2D eigenvalue weighted by atomic mass is 10.1. The molecule has 122 valence electrons. The Labute approximate surface area is 137 Å². The highest BCUT2D eigenvalue weighted by molar-refractivity contribution is 5.78. The minimum absolute atomic E-state index is 0.0567. The van der Waals surface area contributed by atoms with Crippen molar-refractivity contribution in [2.45, 2.75) is 19.4 Å². The predicted molar refractivity (Wildman–Crippen MR) is 82.0 cm³/mol. The van der Waals surface area contributed by atoms with Gasteiger partial charge in [-0.05, 0) is 24.6 Å². The molecular weight excluding hydrogens is 313 g/mol. The molecule has 1 atom stereocenters. The molecule has 0 aliphatic rings. The highest BCUT2D eigenvalue weighted by Crippen LogP contribution is 2.15. The number of nitrogens with one attached hydrogen (secondary N) is 1. The first kappa shape index (κ1) is 15.7. The first-order valence-corrected chi connectivity index (χ1v) is 7.25. The zero-order valence-corrected chi connectivity index (χ0v) is 12.8. The van der Waals surface area contributed by atoms with E-state index in [4.69, 9.17) is 4.42 Å². The Morgan fingerprint density at radius 1 is 1.25 bits per heavy atom. The van der Waals surface area contributed by atoms with Gasteiger partial charge in [0.1, 0.15) is 17.9 Å². The van der Waals surface area contributed by atoms with E-state index in [1.165, 1.54) is 30.7 Å². The molecule has 0 saturated heterocycles. The summed E-state index contributed by atoms with van der Waals surface area (Å²) < 4.78 is 18.3. The summed E-state index contributed by atoms with van der Waals surface area (Å²) in [7, 11) is 0. The lowest BCUT2D eigenvalue weighted by molar-refractivity contribution is -0.121. The maximum absolute atomic E-state index is 12.9. The van der Waals surface area contributed by atoms with Crippen molar-refractivity contribution in [2.75, 3.05) is 0 Å². The summed E-state index contributed by atoms with van der Waals surface area (Å²) in [5.41, 5.74) is 1.24. The number of carbonyl (C=O) groups excluding carboxylic acids is 1. The molecule has 7 nitrogen and oxygen atoms in total. The van der Waals surface area contributed by atoms with Crippen LogP contribution in [0.4, 0.5) is 4.39 Å². The van der Waals surface area contributed by atoms with Crippen molar-refractivity contribution < 1.29 is 13.6 Å². The van der Waals surface area contributed by atoms with Gasteiger partial charge in [0.05, 0.1) is 12.2 Å². The highest BCUT2D eigenvalue weighted by atomic mass is 19.1. The summed E-state index contributed by atoms with van der Waals surface area (Å²) in [4.78, 5) is 20.0. The van der Waals surface area contributed by atoms with Gasteiger partial charge in [0.15, 0.2) is 0 Å². The monoisotopic (exact) mass is 327 g/mol. The number of amides is 1. The van der Waals surface area contributed by atoms with Crippen LogP contribution in [-0.4, -0.2) is 26.1 Å². The Bertz CT molecular complexity index is 820. The number of nitrogens with zero attached hydrogens (tertiary/aromatic N) is 4. The third kappa shape index (κ3) is 3.78. The molecule has 0 bridgehead atoms. The van der Waals surface area contributed by atoms with Gasteiger partial charge in [-0.1, -0.05) is 12.1 Å². The number of halogens is 1. The summed E-state index contributed by atoms with van der Waals surface area (Å²) in [6, 6.07) is 5.69. The molecule has 1 N–H and O–H groups in total. The lowest BCUT2D eigenvalue weighted by Crippen LogP contribution is -2.28. The van der Waals surface area contributed by atoms with E-state index in [1.54, 1.807) is 12.1 Å². The minimum Gasteiger partial charge on any atom is -0.419 e. The second-order valence-corrected chi connectivity index (χ2v) is 5.11. The molecule has 1 aromatic carbocycles. The van der Waals surface area contributed by atoms with E-state index in [2.05, 4.69) is 25.5 Å². The normalized spacial score (nSPS) is 11.9. The van der Waals surface area contributed by atoms with Gasteiger partial charge in [0.2, 0.25) is 11.8 Å². The standard InChI is InChI=1S/C16H14FN5O2/c1-10(11-2-4-12(17)5-3-11)20-14(23)8-15-21-22-16(24-15)13-9-18-6-7-19-13/h2-7,9-10H,8H2,1H3,(H,20,23)/t10-/m0/s1. The van der Waals surface area contributed by atoms with Gasteiger partial charge in [-0.3, -0.25) is 9.78 Å². The molecule has 0 fully saturated rings. The van der Waals surface area contributed by atoms with Gasteiger partial charge in [0, 0.05) is 12.4 Å². The molecular formula is C16H14FN5O2. The molecule has 3 aromatic rings. The summed E-state index contributed by atoms with van der Waals surface area (Å²) in [6.45, 7) is 1.81. The van der Waals surface area contributed by atoms with Crippen LogP contribution in [0, 0.1) is 5.82 Å². The summed E-state index contributed by atoms with van der Waals surface area (Å²) in [5, 5.41) is 10.5. The van der Waals surface area contributed by atoms with E-state index in [0.29, 0.717) is 5.69 Å². The summed E-state index contributed by atoms with van der Waals surface area (Å²) >= 11 is 0. The number of hydrogen-bond acceptors (Lipinski definition) is 6. The van der Waals surface area contributed by atoms with E-state index in [9.17, 15) is 9.18 Å². The Balaban J connectivity index is 1.61. The second-order valence-electron chi connectivity index (χ2n) is 5.11. The molecule has 3 rings (SSSR count). The molecule has 0 aliphatic heterocycles. The number of hydrogen-bond donors (Lipinski definition) is 1. The first-order valence-electron chi connectivity index (χ1n) is 7.25. The molecule has 2 aromatic heterocycles. The van der Waals surface area contributed by atoms with Crippen LogP contribution < -0.4 is 5.32 Å². The predicted octanol–water partition coefficient (Wildman–Crippen LogP) is 2.09. The van der Waals surface area contributed by atoms with Crippen LogP contribution in [0.5, 0.6) is 0 Å². The Hall–Kier alpha value is -3.16. The second kappa shape index (κ2) is 6.95. The maximum atomic E-state index is 12.9. The van der Waals surface area contributed by atoms with Gasteiger partial charge in [-0.2, -0.15) is 0 Å². The molecule has 0 radical (unpaired) electrons. The van der Waals surface area contributed by atoms with E-state index in [-0.39, 0.29) is 36.0 Å². The van der Waals surface area contributed by atoms with E-state index < -0.39 is 0 Å². The molecule has 8 heteroatoms. The Kier molecular flexibility index (Phi) is 4.55. The topological polar surface area (TPSA) is 93.8 Å². The first-order chi connectivity index (χ1) is 11.6. The average Bonchev–Trinajstić information content (AvgIpc) is 3.04. The van der Waals surface area contributed by atoms with Crippen molar-refractivity contribution in [1.29, 1.82) is 0 Å². The van der Waals surface area contributed by atoms with Crippen molar-refractivity contribution in [3.63, 3.8) is 0 Å². The summed E-state index contributed by atoms with van der Waals surface area (Å²) in [6.07, 6.45) is 4.48. The van der Waals surface area contributed by atoms with Crippen LogP contribution >= 0.6 is 0 Å². The van der Waals surface area contributed by atoms with Gasteiger partial charge in [0.25, 0.3) is 5.89 Å². The van der Waals surface area contributed by atoms with Crippen LogP contribution in [0.3, 0.4) is 0 Å². The SMILES string of the molecule is C[C@H](NC(=O)Cc1nnc(-c2cnccn2)o1)c1ccc(F)cc1. The number of carbonyl (C=O) groups is 1. The average molecular weight is 327 g/mol. The van der Waals surface area contributed by atoms with Crippen LogP contribution in [0.15, 0.2) is 47.3 Å². The molecule has 0 unspecified atom stereocenters. The Morgan fingerprint density at radius 3 is 2.75 bits per heavy atom. The molecule has 0 saturated carbocycles. The van der Waals surface area contributed by atoms with Gasteiger partial charge in [-0.15, -0.1) is 10.2 Å². The van der Waals surface area contributed by atoms with E-state index in [1.807, 2.05) is 6.92 Å². The third-order valence-electron chi connectivity index (χ3n) is 3.31. The molecule has 1 amide bonds. The van der Waals surface area contributed by atoms with E-state index >= 15 is 0 Å². The van der Waals surface area contributed by atoms with E-state index in [0.717, 1.165) is 5.56 Å². The highest BCUT2D eigenvalue weighted by Gasteiger charge is 2.15. The Morgan fingerprint density at radius 2 is 2.04 bits per heavy atom. The van der Waals surface area contributed by atoms with Crippen molar-refractivity contribution in [3.8, 4) is 11.6 Å². The fourth-order valence-electron chi connectivity index (χ4n) is 2.10.